The van der Waals surface area contributed by atoms with Crippen molar-refractivity contribution in [3.05, 3.63) is 89.4 Å². The number of phenols is 1. The molecule has 11 heteroatoms. The summed E-state index contributed by atoms with van der Waals surface area (Å²) in [6, 6.07) is 14.9. The molecule has 0 aliphatic rings. The maximum Gasteiger partial charge on any atom is 0.311 e. The summed E-state index contributed by atoms with van der Waals surface area (Å²) >= 11 is 5.51. The van der Waals surface area contributed by atoms with E-state index in [0.29, 0.717) is 23.7 Å². The first-order valence-electron chi connectivity index (χ1n) is 9.34. The van der Waals surface area contributed by atoms with Gasteiger partial charge in [-0.3, -0.25) is 14.9 Å². The standard InChI is InChI=1S/C22H17BrIN3O6/c1-32-19-10-14(9-17(24)21(19)33-12-13-5-7-15(23)8-6-13)11-25-26-22(29)16-3-2-4-18(20(16)28)27(30)31/h2-11,28H,12H2,1H3,(H,26,29)/b25-11-. The van der Waals surface area contributed by atoms with Crippen LogP contribution in [0.25, 0.3) is 0 Å². The number of para-hydroxylation sites is 1. The zero-order valence-electron chi connectivity index (χ0n) is 17.1. The number of hydrazone groups is 1. The van der Waals surface area contributed by atoms with Gasteiger partial charge in [0.1, 0.15) is 6.61 Å². The van der Waals surface area contributed by atoms with E-state index in [4.69, 9.17) is 9.47 Å². The Morgan fingerprint density at radius 1 is 1.27 bits per heavy atom. The van der Waals surface area contributed by atoms with Crippen LogP contribution in [0.1, 0.15) is 21.5 Å². The zero-order valence-corrected chi connectivity index (χ0v) is 20.9. The summed E-state index contributed by atoms with van der Waals surface area (Å²) in [7, 11) is 1.52. The van der Waals surface area contributed by atoms with Crippen molar-refractivity contribution in [3.8, 4) is 17.2 Å². The van der Waals surface area contributed by atoms with Crippen molar-refractivity contribution in [1.29, 1.82) is 0 Å². The second-order valence-corrected chi connectivity index (χ2v) is 8.66. The number of benzene rings is 3. The number of aromatic hydroxyl groups is 1. The van der Waals surface area contributed by atoms with Crippen molar-refractivity contribution in [2.24, 2.45) is 5.10 Å². The third-order valence-electron chi connectivity index (χ3n) is 4.38. The van der Waals surface area contributed by atoms with Crippen molar-refractivity contribution < 1.29 is 24.3 Å². The van der Waals surface area contributed by atoms with E-state index in [0.717, 1.165) is 19.7 Å². The summed E-state index contributed by atoms with van der Waals surface area (Å²) in [6.07, 6.45) is 1.38. The molecule has 2 N–H and O–H groups in total. The lowest BCUT2D eigenvalue weighted by Crippen LogP contribution is -2.18. The largest absolute Gasteiger partial charge is 0.502 e. The number of hydrogen-bond acceptors (Lipinski definition) is 7. The molecule has 0 saturated heterocycles. The summed E-state index contributed by atoms with van der Waals surface area (Å²) in [5, 5.41) is 24.7. The highest BCUT2D eigenvalue weighted by molar-refractivity contribution is 14.1. The van der Waals surface area contributed by atoms with Crippen LogP contribution in [-0.2, 0) is 6.61 Å². The van der Waals surface area contributed by atoms with Crippen LogP contribution in [-0.4, -0.2) is 29.3 Å². The van der Waals surface area contributed by atoms with Gasteiger partial charge in [-0.2, -0.15) is 5.10 Å². The molecule has 1 amide bonds. The fourth-order valence-electron chi connectivity index (χ4n) is 2.78. The van der Waals surface area contributed by atoms with Crippen LogP contribution in [0.4, 0.5) is 5.69 Å². The summed E-state index contributed by atoms with van der Waals surface area (Å²) in [5.74, 6) is -0.450. The predicted octanol–water partition coefficient (Wildman–Crippen LogP) is 5.02. The molecule has 3 aromatic rings. The predicted molar refractivity (Wildman–Crippen MR) is 134 cm³/mol. The lowest BCUT2D eigenvalue weighted by Gasteiger charge is -2.13. The van der Waals surface area contributed by atoms with Gasteiger partial charge >= 0.3 is 5.69 Å². The van der Waals surface area contributed by atoms with Gasteiger partial charge in [-0.05, 0) is 64.0 Å². The topological polar surface area (TPSA) is 123 Å². The summed E-state index contributed by atoms with van der Waals surface area (Å²) in [4.78, 5) is 22.4. The molecule has 0 heterocycles. The number of nitro groups is 1. The molecule has 3 aromatic carbocycles. The SMILES string of the molecule is COc1cc(/C=N\NC(=O)c2cccc([N+](=O)[O-])c2O)cc(I)c1OCc1ccc(Br)cc1. The molecule has 0 aliphatic heterocycles. The Hall–Kier alpha value is -3.19. The number of ether oxygens (including phenoxy) is 2. The molecule has 0 bridgehead atoms. The molecular formula is C22H17BrIN3O6. The van der Waals surface area contributed by atoms with E-state index >= 15 is 0 Å². The fourth-order valence-corrected chi connectivity index (χ4v) is 3.82. The number of nitrogens with one attached hydrogen (secondary N) is 1. The van der Waals surface area contributed by atoms with Crippen LogP contribution >= 0.6 is 38.5 Å². The Balaban J connectivity index is 1.71. The molecule has 170 valence electrons. The van der Waals surface area contributed by atoms with Crippen LogP contribution < -0.4 is 14.9 Å². The highest BCUT2D eigenvalue weighted by Crippen LogP contribution is 2.34. The second kappa shape index (κ2) is 11.1. The molecule has 33 heavy (non-hydrogen) atoms. The number of carbonyl (C=O) groups excluding carboxylic acids is 1. The number of methoxy groups -OCH3 is 1. The molecule has 0 aliphatic carbocycles. The summed E-state index contributed by atoms with van der Waals surface area (Å²) in [6.45, 7) is 0.357. The van der Waals surface area contributed by atoms with Gasteiger partial charge in [-0.15, -0.1) is 0 Å². The number of hydrogen-bond donors (Lipinski definition) is 2. The zero-order chi connectivity index (χ0) is 24.0. The first-order chi connectivity index (χ1) is 15.8. The highest BCUT2D eigenvalue weighted by atomic mass is 127. The van der Waals surface area contributed by atoms with E-state index in [1.165, 1.54) is 25.5 Å². The van der Waals surface area contributed by atoms with Gasteiger partial charge in [0, 0.05) is 10.5 Å². The summed E-state index contributed by atoms with van der Waals surface area (Å²) in [5.41, 5.74) is 3.04. The second-order valence-electron chi connectivity index (χ2n) is 6.58. The lowest BCUT2D eigenvalue weighted by molar-refractivity contribution is -0.385. The molecule has 9 nitrogen and oxygen atoms in total. The molecule has 0 radical (unpaired) electrons. The minimum Gasteiger partial charge on any atom is -0.502 e. The number of nitro benzene ring substituents is 1. The van der Waals surface area contributed by atoms with Crippen LogP contribution in [0.15, 0.2) is 64.2 Å². The Morgan fingerprint density at radius 2 is 2.00 bits per heavy atom. The van der Waals surface area contributed by atoms with E-state index in [1.807, 2.05) is 24.3 Å². The van der Waals surface area contributed by atoms with Gasteiger partial charge in [-0.1, -0.05) is 34.1 Å². The van der Waals surface area contributed by atoms with E-state index < -0.39 is 22.3 Å². The molecule has 0 aromatic heterocycles. The van der Waals surface area contributed by atoms with Gasteiger partial charge in [0.05, 0.1) is 27.4 Å². The minimum atomic E-state index is -0.788. The average molecular weight is 626 g/mol. The number of carbonyl (C=O) groups is 1. The first kappa shape index (κ1) is 24.5. The number of rotatable bonds is 8. The molecule has 3 rings (SSSR count). The number of amides is 1. The van der Waals surface area contributed by atoms with Crippen molar-refractivity contribution in [1.82, 2.24) is 5.43 Å². The molecular weight excluding hydrogens is 609 g/mol. The fraction of sp³-hybridized carbons (Fsp3) is 0.0909. The van der Waals surface area contributed by atoms with Crippen LogP contribution in [0.5, 0.6) is 17.2 Å². The van der Waals surface area contributed by atoms with Crippen molar-refractivity contribution >= 4 is 56.3 Å². The van der Waals surface area contributed by atoms with E-state index in [2.05, 4.69) is 49.0 Å². The molecule has 0 unspecified atom stereocenters. The number of nitrogens with zero attached hydrogens (tertiary/aromatic N) is 2. The normalized spacial score (nSPS) is 10.8. The van der Waals surface area contributed by atoms with E-state index in [-0.39, 0.29) is 5.56 Å². The maximum atomic E-state index is 12.3. The quantitative estimate of drug-likeness (QED) is 0.157. The minimum absolute atomic E-state index is 0.259. The Labute approximate surface area is 210 Å². The van der Waals surface area contributed by atoms with E-state index in [1.54, 1.807) is 12.1 Å². The molecule has 0 saturated carbocycles. The Kier molecular flexibility index (Phi) is 8.22. The third-order valence-corrected chi connectivity index (χ3v) is 5.71. The molecule has 0 spiro atoms. The van der Waals surface area contributed by atoms with Gasteiger partial charge in [0.2, 0.25) is 5.75 Å². The van der Waals surface area contributed by atoms with Gasteiger partial charge < -0.3 is 14.6 Å². The van der Waals surface area contributed by atoms with Crippen molar-refractivity contribution in [2.75, 3.05) is 7.11 Å². The third kappa shape index (κ3) is 6.20. The monoisotopic (exact) mass is 625 g/mol. The summed E-state index contributed by atoms with van der Waals surface area (Å²) < 4.78 is 13.1. The first-order valence-corrected chi connectivity index (χ1v) is 11.2. The number of halogens is 2. The van der Waals surface area contributed by atoms with Crippen LogP contribution in [0.3, 0.4) is 0 Å². The van der Waals surface area contributed by atoms with Gasteiger partial charge in [0.15, 0.2) is 11.5 Å². The molecule has 0 fully saturated rings. The average Bonchev–Trinajstić information content (AvgIpc) is 2.79. The Morgan fingerprint density at radius 3 is 2.67 bits per heavy atom. The van der Waals surface area contributed by atoms with Gasteiger partial charge in [0.25, 0.3) is 5.91 Å². The van der Waals surface area contributed by atoms with Crippen molar-refractivity contribution in [2.45, 2.75) is 6.61 Å². The lowest BCUT2D eigenvalue weighted by atomic mass is 10.1. The smallest absolute Gasteiger partial charge is 0.311 e. The van der Waals surface area contributed by atoms with Crippen LogP contribution in [0, 0.1) is 13.7 Å². The van der Waals surface area contributed by atoms with Crippen molar-refractivity contribution in [3.63, 3.8) is 0 Å². The van der Waals surface area contributed by atoms with Crippen LogP contribution in [0.2, 0.25) is 0 Å². The molecule has 0 atom stereocenters. The highest BCUT2D eigenvalue weighted by Gasteiger charge is 2.20. The maximum absolute atomic E-state index is 12.3. The van der Waals surface area contributed by atoms with Gasteiger partial charge in [-0.25, -0.2) is 5.43 Å². The Bertz CT molecular complexity index is 1220. The van der Waals surface area contributed by atoms with E-state index in [9.17, 15) is 20.0 Å². The number of phenolic OH excluding ortho intramolecular Hbond substituents is 1.